The van der Waals surface area contributed by atoms with Crippen LogP contribution in [0.1, 0.15) is 26.6 Å². The number of nitrogens with zero attached hydrogens (tertiary/aromatic N) is 2. The highest BCUT2D eigenvalue weighted by atomic mass is 32.1. The van der Waals surface area contributed by atoms with Gasteiger partial charge in [0.1, 0.15) is 34.0 Å². The Balaban J connectivity index is 1.74. The number of benzene rings is 1. The molecule has 0 aliphatic rings. The van der Waals surface area contributed by atoms with Crippen LogP contribution in [0.2, 0.25) is 0 Å². The molecule has 33 heavy (non-hydrogen) atoms. The van der Waals surface area contributed by atoms with Gasteiger partial charge in [-0.3, -0.25) is 9.69 Å². The van der Waals surface area contributed by atoms with Crippen LogP contribution in [-0.4, -0.2) is 72.6 Å². The summed E-state index contributed by atoms with van der Waals surface area (Å²) in [4.78, 5) is 34.8. The number of carbonyl (C=O) groups is 1. The molecule has 3 aromatic rings. The first-order chi connectivity index (χ1) is 15.8. The maximum atomic E-state index is 12.7. The van der Waals surface area contributed by atoms with Crippen molar-refractivity contribution in [3.05, 3.63) is 56.4 Å². The summed E-state index contributed by atoms with van der Waals surface area (Å²) in [7, 11) is 2.90. The highest BCUT2D eigenvalue weighted by Crippen LogP contribution is 2.27. The molecule has 0 aliphatic heterocycles. The molecule has 0 amide bonds. The summed E-state index contributed by atoms with van der Waals surface area (Å²) < 4.78 is 15.7. The summed E-state index contributed by atoms with van der Waals surface area (Å²) in [5.74, 6) is 0.675. The Morgan fingerprint density at radius 1 is 1.27 bits per heavy atom. The molecule has 178 valence electrons. The van der Waals surface area contributed by atoms with Crippen LogP contribution >= 0.6 is 11.3 Å². The van der Waals surface area contributed by atoms with Crippen LogP contribution in [0, 0.1) is 13.8 Å². The third kappa shape index (κ3) is 6.17. The summed E-state index contributed by atoms with van der Waals surface area (Å²) in [5, 5.41) is 10.9. The molecule has 0 saturated heterocycles. The number of carbonyl (C=O) groups excluding carboxylic acids is 1. The van der Waals surface area contributed by atoms with Crippen molar-refractivity contribution in [1.29, 1.82) is 0 Å². The number of fused-ring (bicyclic) bond motifs is 1. The van der Waals surface area contributed by atoms with E-state index in [1.807, 2.05) is 36.1 Å². The first-order valence-corrected chi connectivity index (χ1v) is 11.3. The van der Waals surface area contributed by atoms with Gasteiger partial charge in [0.25, 0.3) is 5.56 Å². The molecule has 10 heteroatoms. The zero-order valence-electron chi connectivity index (χ0n) is 19.2. The molecule has 2 heterocycles. The first kappa shape index (κ1) is 24.8. The van der Waals surface area contributed by atoms with Gasteiger partial charge in [-0.1, -0.05) is 18.2 Å². The normalized spacial score (nSPS) is 12.3. The Labute approximate surface area is 195 Å². The van der Waals surface area contributed by atoms with E-state index in [2.05, 4.69) is 9.97 Å². The highest BCUT2D eigenvalue weighted by molar-refractivity contribution is 7.20. The Bertz CT molecular complexity index is 1160. The Hall–Kier alpha value is -2.79. The molecule has 9 nitrogen and oxygen atoms in total. The summed E-state index contributed by atoms with van der Waals surface area (Å²) in [6.07, 6.45) is -0.758. The number of H-pyrrole nitrogens is 1. The second-order valence-electron chi connectivity index (χ2n) is 7.70. The van der Waals surface area contributed by atoms with Crippen molar-refractivity contribution in [2.24, 2.45) is 0 Å². The molecule has 2 N–H and O–H groups in total. The number of aromatic nitrogens is 2. The third-order valence-corrected chi connectivity index (χ3v) is 6.36. The molecule has 0 radical (unpaired) electrons. The van der Waals surface area contributed by atoms with Gasteiger partial charge >= 0.3 is 5.97 Å². The van der Waals surface area contributed by atoms with Crippen LogP contribution in [0.4, 0.5) is 0 Å². The van der Waals surface area contributed by atoms with E-state index in [1.165, 1.54) is 7.11 Å². The van der Waals surface area contributed by atoms with Gasteiger partial charge in [0, 0.05) is 20.2 Å². The van der Waals surface area contributed by atoms with Crippen LogP contribution < -0.4 is 10.3 Å². The lowest BCUT2D eigenvalue weighted by molar-refractivity contribution is 0.0531. The third-order valence-electron chi connectivity index (χ3n) is 5.20. The van der Waals surface area contributed by atoms with Crippen molar-refractivity contribution in [3.63, 3.8) is 0 Å². The van der Waals surface area contributed by atoms with Gasteiger partial charge in [0.05, 0.1) is 25.6 Å². The molecule has 0 spiro atoms. The largest absolute Gasteiger partial charge is 0.491 e. The van der Waals surface area contributed by atoms with Gasteiger partial charge in [-0.05, 0) is 31.0 Å². The highest BCUT2D eigenvalue weighted by Gasteiger charge is 2.21. The number of aryl methyl sites for hydroxylation is 2. The maximum Gasteiger partial charge on any atom is 0.348 e. The number of ether oxygens (including phenoxy) is 3. The maximum absolute atomic E-state index is 12.7. The predicted molar refractivity (Wildman–Crippen MR) is 126 cm³/mol. The fourth-order valence-corrected chi connectivity index (χ4v) is 4.59. The summed E-state index contributed by atoms with van der Waals surface area (Å²) in [6.45, 7) is 5.34. The molecule has 0 bridgehead atoms. The SMILES string of the molecule is COCCN(Cc1nc2sc(C(=O)OC)c(C)c2c(=O)[nH]1)CC(O)COc1ccccc1C. The fraction of sp³-hybridized carbons (Fsp3) is 0.435. The number of thiophene rings is 1. The van der Waals surface area contributed by atoms with Gasteiger partial charge in [-0.2, -0.15) is 0 Å². The number of aliphatic hydroxyl groups excluding tert-OH is 1. The van der Waals surface area contributed by atoms with Crippen LogP contribution in [0.15, 0.2) is 29.1 Å². The van der Waals surface area contributed by atoms with E-state index in [9.17, 15) is 14.7 Å². The smallest absolute Gasteiger partial charge is 0.348 e. The second kappa shape index (κ2) is 11.4. The predicted octanol–water partition coefficient (Wildman–Crippen LogP) is 2.28. The van der Waals surface area contributed by atoms with Crippen molar-refractivity contribution >= 4 is 27.5 Å². The van der Waals surface area contributed by atoms with E-state index in [0.717, 1.165) is 22.6 Å². The zero-order chi connectivity index (χ0) is 24.0. The van der Waals surface area contributed by atoms with Crippen molar-refractivity contribution in [1.82, 2.24) is 14.9 Å². The average molecular weight is 476 g/mol. The minimum absolute atomic E-state index is 0.129. The van der Waals surface area contributed by atoms with Crippen LogP contribution in [-0.2, 0) is 16.0 Å². The molecule has 0 aliphatic carbocycles. The van der Waals surface area contributed by atoms with Crippen molar-refractivity contribution in [2.75, 3.05) is 40.5 Å². The van der Waals surface area contributed by atoms with E-state index < -0.39 is 12.1 Å². The van der Waals surface area contributed by atoms with Gasteiger partial charge in [-0.25, -0.2) is 9.78 Å². The van der Waals surface area contributed by atoms with Gasteiger partial charge in [-0.15, -0.1) is 11.3 Å². The minimum Gasteiger partial charge on any atom is -0.491 e. The number of esters is 1. The first-order valence-electron chi connectivity index (χ1n) is 10.5. The Morgan fingerprint density at radius 2 is 2.03 bits per heavy atom. The van der Waals surface area contributed by atoms with Crippen molar-refractivity contribution < 1.29 is 24.1 Å². The average Bonchev–Trinajstić information content (AvgIpc) is 3.13. The van der Waals surface area contributed by atoms with Gasteiger partial charge in [0.15, 0.2) is 0 Å². The van der Waals surface area contributed by atoms with Gasteiger partial charge < -0.3 is 24.3 Å². The minimum atomic E-state index is -0.758. The standard InChI is InChI=1S/C23H29N3O6S/c1-14-7-5-6-8-17(14)32-13-16(27)11-26(9-10-30-3)12-18-24-21(28)19-15(2)20(23(29)31-4)33-22(19)25-18/h5-8,16,27H,9-13H2,1-4H3,(H,24,25,28). The van der Waals surface area contributed by atoms with Crippen LogP contribution in [0.25, 0.3) is 10.2 Å². The molecule has 1 atom stereocenters. The molecule has 3 rings (SSSR count). The molecular formula is C23H29N3O6S. The van der Waals surface area contributed by atoms with Crippen LogP contribution in [0.5, 0.6) is 5.75 Å². The monoisotopic (exact) mass is 475 g/mol. The summed E-state index contributed by atoms with van der Waals surface area (Å²) in [6, 6.07) is 7.62. The second-order valence-corrected chi connectivity index (χ2v) is 8.70. The lowest BCUT2D eigenvalue weighted by atomic mass is 10.2. The Kier molecular flexibility index (Phi) is 8.56. The number of para-hydroxylation sites is 1. The summed E-state index contributed by atoms with van der Waals surface area (Å²) >= 11 is 1.13. The number of methoxy groups -OCH3 is 2. The number of aromatic amines is 1. The molecule has 1 aromatic carbocycles. The van der Waals surface area contributed by atoms with Crippen molar-refractivity contribution in [3.8, 4) is 5.75 Å². The zero-order valence-corrected chi connectivity index (χ0v) is 20.0. The number of nitrogens with one attached hydrogen (secondary N) is 1. The van der Waals surface area contributed by atoms with E-state index >= 15 is 0 Å². The number of hydrogen-bond donors (Lipinski definition) is 2. The number of rotatable bonds is 11. The van der Waals surface area contributed by atoms with Gasteiger partial charge in [0.2, 0.25) is 0 Å². The summed E-state index contributed by atoms with van der Waals surface area (Å²) in [5.41, 5.74) is 1.24. The quantitative estimate of drug-likeness (QED) is 0.406. The lowest BCUT2D eigenvalue weighted by Gasteiger charge is -2.24. The van der Waals surface area contributed by atoms with E-state index in [0.29, 0.717) is 52.7 Å². The van der Waals surface area contributed by atoms with E-state index in [-0.39, 0.29) is 12.2 Å². The van der Waals surface area contributed by atoms with E-state index in [4.69, 9.17) is 14.2 Å². The van der Waals surface area contributed by atoms with E-state index in [1.54, 1.807) is 14.0 Å². The molecule has 0 fully saturated rings. The lowest BCUT2D eigenvalue weighted by Crippen LogP contribution is -2.38. The number of aliphatic hydroxyl groups is 1. The number of hydrogen-bond acceptors (Lipinski definition) is 9. The molecule has 0 saturated carbocycles. The van der Waals surface area contributed by atoms with Crippen molar-refractivity contribution in [2.45, 2.75) is 26.5 Å². The molecular weight excluding hydrogens is 446 g/mol. The Morgan fingerprint density at radius 3 is 2.73 bits per heavy atom. The molecule has 1 unspecified atom stereocenters. The molecule has 2 aromatic heterocycles. The fourth-order valence-electron chi connectivity index (χ4n) is 3.47. The van der Waals surface area contributed by atoms with Crippen LogP contribution in [0.3, 0.4) is 0 Å². The topological polar surface area (TPSA) is 114 Å².